The molecular formula is C20H20N4O3. The monoisotopic (exact) mass is 364 g/mol. The molecule has 7 nitrogen and oxygen atoms in total. The Morgan fingerprint density at radius 3 is 2.26 bits per heavy atom. The minimum absolute atomic E-state index is 0.0316. The normalized spacial score (nSPS) is 10.3. The van der Waals surface area contributed by atoms with Crippen LogP contribution in [0.1, 0.15) is 21.7 Å². The fourth-order valence-electron chi connectivity index (χ4n) is 2.51. The van der Waals surface area contributed by atoms with Crippen molar-refractivity contribution in [3.63, 3.8) is 0 Å². The summed E-state index contributed by atoms with van der Waals surface area (Å²) in [5, 5.41) is 4.21. The van der Waals surface area contributed by atoms with Gasteiger partial charge in [-0.05, 0) is 56.3 Å². The maximum atomic E-state index is 12.2. The van der Waals surface area contributed by atoms with Crippen LogP contribution in [0.15, 0.2) is 60.7 Å². The van der Waals surface area contributed by atoms with E-state index in [1.165, 1.54) is 0 Å². The van der Waals surface area contributed by atoms with Crippen LogP contribution in [-0.2, 0) is 11.3 Å². The van der Waals surface area contributed by atoms with Gasteiger partial charge in [0.2, 0.25) is 0 Å². The van der Waals surface area contributed by atoms with Gasteiger partial charge >= 0.3 is 0 Å². The number of para-hydroxylation sites is 1. The first-order chi connectivity index (χ1) is 13.0. The van der Waals surface area contributed by atoms with E-state index in [-0.39, 0.29) is 12.5 Å². The third kappa shape index (κ3) is 4.94. The molecule has 1 aromatic heterocycles. The van der Waals surface area contributed by atoms with Crippen molar-refractivity contribution in [3.05, 3.63) is 77.6 Å². The number of aryl methyl sites for hydroxylation is 2. The minimum atomic E-state index is -0.414. The van der Waals surface area contributed by atoms with Gasteiger partial charge in [-0.15, -0.1) is 0 Å². The highest BCUT2D eigenvalue weighted by atomic mass is 16.5. The summed E-state index contributed by atoms with van der Waals surface area (Å²) >= 11 is 0. The molecule has 0 spiro atoms. The Balaban J connectivity index is 1.52. The number of aromatic nitrogens is 2. The standard InChI is InChI=1S/C20H20N4O3/c1-14-12-15(2)24(23-14)13-19(25)21-22-20(26)16-8-10-18(11-9-16)27-17-6-4-3-5-7-17/h3-12H,13H2,1-2H3,(H,21,25)(H,22,26). The Kier molecular flexibility index (Phi) is 5.51. The van der Waals surface area contributed by atoms with E-state index in [1.807, 2.05) is 50.2 Å². The molecule has 2 N–H and O–H groups in total. The van der Waals surface area contributed by atoms with Gasteiger partial charge in [0, 0.05) is 11.3 Å². The molecule has 1 heterocycles. The van der Waals surface area contributed by atoms with Crippen molar-refractivity contribution >= 4 is 11.8 Å². The Bertz CT molecular complexity index is 934. The first-order valence-corrected chi connectivity index (χ1v) is 8.44. The fourth-order valence-corrected chi connectivity index (χ4v) is 2.51. The summed E-state index contributed by atoms with van der Waals surface area (Å²) in [5.41, 5.74) is 6.90. The number of hydrogen-bond donors (Lipinski definition) is 2. The molecule has 7 heteroatoms. The van der Waals surface area contributed by atoms with Gasteiger partial charge in [0.05, 0.1) is 5.69 Å². The maximum Gasteiger partial charge on any atom is 0.269 e. The van der Waals surface area contributed by atoms with Crippen molar-refractivity contribution in [1.29, 1.82) is 0 Å². The lowest BCUT2D eigenvalue weighted by Crippen LogP contribution is -2.43. The van der Waals surface area contributed by atoms with E-state index in [1.54, 1.807) is 28.9 Å². The molecule has 0 unspecified atom stereocenters. The number of carbonyl (C=O) groups excluding carboxylic acids is 2. The lowest BCUT2D eigenvalue weighted by molar-refractivity contribution is -0.122. The molecule has 27 heavy (non-hydrogen) atoms. The zero-order valence-electron chi connectivity index (χ0n) is 15.1. The van der Waals surface area contributed by atoms with Gasteiger partial charge in [-0.3, -0.25) is 25.1 Å². The molecule has 138 valence electrons. The SMILES string of the molecule is Cc1cc(C)n(CC(=O)NNC(=O)c2ccc(Oc3ccccc3)cc2)n1. The second kappa shape index (κ2) is 8.18. The van der Waals surface area contributed by atoms with Gasteiger partial charge in [-0.2, -0.15) is 5.10 Å². The Hall–Kier alpha value is -3.61. The number of carbonyl (C=O) groups is 2. The number of nitrogens with one attached hydrogen (secondary N) is 2. The molecule has 0 saturated carbocycles. The molecule has 2 aromatic carbocycles. The third-order valence-electron chi connectivity index (χ3n) is 3.81. The van der Waals surface area contributed by atoms with Crippen LogP contribution in [0.2, 0.25) is 0 Å². The maximum absolute atomic E-state index is 12.2. The summed E-state index contributed by atoms with van der Waals surface area (Å²) in [6, 6.07) is 17.9. The van der Waals surface area contributed by atoms with Crippen LogP contribution in [0.5, 0.6) is 11.5 Å². The highest BCUT2D eigenvalue weighted by Gasteiger charge is 2.10. The van der Waals surface area contributed by atoms with Crippen molar-refractivity contribution in [2.75, 3.05) is 0 Å². The molecule has 3 aromatic rings. The molecule has 0 bridgehead atoms. The molecule has 2 amide bonds. The second-order valence-corrected chi connectivity index (χ2v) is 6.03. The first kappa shape index (κ1) is 18.2. The quantitative estimate of drug-likeness (QED) is 0.682. The van der Waals surface area contributed by atoms with E-state index in [9.17, 15) is 9.59 Å². The van der Waals surface area contributed by atoms with Crippen molar-refractivity contribution in [3.8, 4) is 11.5 Å². The number of ether oxygens (including phenoxy) is 1. The van der Waals surface area contributed by atoms with Crippen LogP contribution in [0.25, 0.3) is 0 Å². The predicted octanol–water partition coefficient (Wildman–Crippen LogP) is 2.75. The van der Waals surface area contributed by atoms with Crippen molar-refractivity contribution in [2.24, 2.45) is 0 Å². The van der Waals surface area contributed by atoms with Gasteiger partial charge in [0.1, 0.15) is 18.0 Å². The predicted molar refractivity (Wildman–Crippen MR) is 100 cm³/mol. The number of rotatable bonds is 5. The Morgan fingerprint density at radius 2 is 1.63 bits per heavy atom. The molecule has 0 radical (unpaired) electrons. The van der Waals surface area contributed by atoms with Gasteiger partial charge < -0.3 is 4.74 Å². The van der Waals surface area contributed by atoms with Gasteiger partial charge in [0.15, 0.2) is 0 Å². The van der Waals surface area contributed by atoms with Crippen molar-refractivity contribution < 1.29 is 14.3 Å². The molecule has 0 aliphatic carbocycles. The molecule has 3 rings (SSSR count). The number of benzene rings is 2. The van der Waals surface area contributed by atoms with E-state index in [0.29, 0.717) is 17.1 Å². The van der Waals surface area contributed by atoms with Crippen LogP contribution >= 0.6 is 0 Å². The summed E-state index contributed by atoms with van der Waals surface area (Å²) in [6.45, 7) is 3.75. The Labute approximate surface area is 156 Å². The molecular weight excluding hydrogens is 344 g/mol. The smallest absolute Gasteiger partial charge is 0.269 e. The van der Waals surface area contributed by atoms with Crippen LogP contribution in [-0.4, -0.2) is 21.6 Å². The van der Waals surface area contributed by atoms with Crippen LogP contribution < -0.4 is 15.6 Å². The zero-order valence-corrected chi connectivity index (χ0v) is 15.1. The lowest BCUT2D eigenvalue weighted by Gasteiger charge is -2.09. The van der Waals surface area contributed by atoms with E-state index in [2.05, 4.69) is 16.0 Å². The minimum Gasteiger partial charge on any atom is -0.457 e. The second-order valence-electron chi connectivity index (χ2n) is 6.03. The van der Waals surface area contributed by atoms with Crippen molar-refractivity contribution in [2.45, 2.75) is 20.4 Å². The number of amides is 2. The summed E-state index contributed by atoms with van der Waals surface area (Å²) in [6.07, 6.45) is 0. The molecule has 0 aliphatic heterocycles. The van der Waals surface area contributed by atoms with Gasteiger partial charge in [-0.25, -0.2) is 0 Å². The van der Waals surface area contributed by atoms with Crippen LogP contribution in [0, 0.1) is 13.8 Å². The summed E-state index contributed by atoms with van der Waals surface area (Å²) in [7, 11) is 0. The summed E-state index contributed by atoms with van der Waals surface area (Å²) < 4.78 is 7.26. The first-order valence-electron chi connectivity index (χ1n) is 8.44. The number of hydrazine groups is 1. The average molecular weight is 364 g/mol. The fraction of sp³-hybridized carbons (Fsp3) is 0.150. The van der Waals surface area contributed by atoms with Crippen LogP contribution in [0.4, 0.5) is 0 Å². The highest BCUT2D eigenvalue weighted by Crippen LogP contribution is 2.21. The summed E-state index contributed by atoms with van der Waals surface area (Å²) in [5.74, 6) is 0.555. The Morgan fingerprint density at radius 1 is 0.963 bits per heavy atom. The lowest BCUT2D eigenvalue weighted by atomic mass is 10.2. The highest BCUT2D eigenvalue weighted by molar-refractivity contribution is 5.95. The van der Waals surface area contributed by atoms with Crippen molar-refractivity contribution in [1.82, 2.24) is 20.6 Å². The average Bonchev–Trinajstić information content (AvgIpc) is 2.98. The van der Waals surface area contributed by atoms with E-state index < -0.39 is 5.91 Å². The van der Waals surface area contributed by atoms with Gasteiger partial charge in [-0.1, -0.05) is 18.2 Å². The number of nitrogens with zero attached hydrogens (tertiary/aromatic N) is 2. The molecule has 0 aliphatic rings. The number of hydrogen-bond acceptors (Lipinski definition) is 4. The van der Waals surface area contributed by atoms with E-state index in [0.717, 1.165) is 11.4 Å². The van der Waals surface area contributed by atoms with Gasteiger partial charge in [0.25, 0.3) is 11.8 Å². The van der Waals surface area contributed by atoms with E-state index in [4.69, 9.17) is 4.74 Å². The summed E-state index contributed by atoms with van der Waals surface area (Å²) in [4.78, 5) is 24.1. The zero-order chi connectivity index (χ0) is 19.2. The molecule has 0 fully saturated rings. The largest absolute Gasteiger partial charge is 0.457 e. The van der Waals surface area contributed by atoms with Crippen LogP contribution in [0.3, 0.4) is 0 Å². The third-order valence-corrected chi connectivity index (χ3v) is 3.81. The molecule has 0 atom stereocenters. The van der Waals surface area contributed by atoms with E-state index >= 15 is 0 Å². The molecule has 0 saturated heterocycles. The topological polar surface area (TPSA) is 85.2 Å².